The van der Waals surface area contributed by atoms with Crippen LogP contribution < -0.4 is 0 Å². The molecule has 0 saturated heterocycles. The highest BCUT2D eigenvalue weighted by Crippen LogP contribution is 2.13. The van der Waals surface area contributed by atoms with Crippen LogP contribution in [-0.4, -0.2) is 37.9 Å². The van der Waals surface area contributed by atoms with E-state index in [9.17, 15) is 9.59 Å². The van der Waals surface area contributed by atoms with E-state index in [1.54, 1.807) is 0 Å². The lowest BCUT2D eigenvalue weighted by molar-refractivity contribution is -0.163. The Bertz CT molecular complexity index is 1080. The summed E-state index contributed by atoms with van der Waals surface area (Å²) in [5.41, 5.74) is 0. The number of ether oxygens (including phenoxy) is 3. The molecule has 0 aliphatic rings. The first-order chi connectivity index (χ1) is 29.6. The molecule has 0 radical (unpaired) electrons. The Balaban J connectivity index is 4.33. The molecule has 0 bridgehead atoms. The predicted molar refractivity (Wildman–Crippen MR) is 260 cm³/mol. The summed E-state index contributed by atoms with van der Waals surface area (Å²) < 4.78 is 17.4. The lowest BCUT2D eigenvalue weighted by Crippen LogP contribution is -2.30. The topological polar surface area (TPSA) is 61.8 Å². The van der Waals surface area contributed by atoms with Crippen LogP contribution in [0.15, 0.2) is 72.9 Å². The molecule has 1 atom stereocenters. The second kappa shape index (κ2) is 50.7. The van der Waals surface area contributed by atoms with E-state index in [-0.39, 0.29) is 25.2 Å². The highest BCUT2D eigenvalue weighted by Gasteiger charge is 2.17. The third kappa shape index (κ3) is 48.0. The molecular formula is C55H96O5. The summed E-state index contributed by atoms with van der Waals surface area (Å²) in [4.78, 5) is 25.4. The minimum Gasteiger partial charge on any atom is -0.462 e. The van der Waals surface area contributed by atoms with Gasteiger partial charge in [0.2, 0.25) is 0 Å². The van der Waals surface area contributed by atoms with Crippen LogP contribution in [0, 0.1) is 0 Å². The second-order valence-corrected chi connectivity index (χ2v) is 16.7. The third-order valence-corrected chi connectivity index (χ3v) is 10.7. The number of esters is 2. The SMILES string of the molecule is CC/C=C\C/C=C\C/C=C\CCCCCCCC(=O)OCC(COCCCCCCCC/C=C\C/C=C\CCC)OC(=O)CCCCCCC/C=C\CCCCCCCC. The number of hydrogen-bond acceptors (Lipinski definition) is 5. The Morgan fingerprint density at radius 2 is 0.783 bits per heavy atom. The van der Waals surface area contributed by atoms with E-state index in [4.69, 9.17) is 14.2 Å². The number of allylic oxidation sites excluding steroid dienone is 12. The lowest BCUT2D eigenvalue weighted by Gasteiger charge is -2.18. The highest BCUT2D eigenvalue weighted by atomic mass is 16.6. The van der Waals surface area contributed by atoms with Crippen LogP contribution in [0.1, 0.15) is 239 Å². The molecule has 0 fully saturated rings. The molecule has 0 N–H and O–H groups in total. The van der Waals surface area contributed by atoms with Crippen LogP contribution in [-0.2, 0) is 23.8 Å². The van der Waals surface area contributed by atoms with Crippen molar-refractivity contribution in [1.29, 1.82) is 0 Å². The number of carbonyl (C=O) groups excluding carboxylic acids is 2. The van der Waals surface area contributed by atoms with Crippen LogP contribution in [0.3, 0.4) is 0 Å². The normalized spacial score (nSPS) is 12.8. The molecule has 0 saturated carbocycles. The standard InChI is InChI=1S/C55H96O5/c1-4-7-10-13-16-19-22-25-28-30-33-36-39-42-45-48-54(56)59-52-53(51-58-50-47-44-41-38-35-32-27-24-21-18-15-12-9-6-3)60-55(57)49-46-43-40-37-34-31-29-26-23-20-17-14-11-8-5-2/h7,10,12,15-16,19,21,24-26,28-29,53H,4-6,8-9,11,13-14,17-18,20,22-23,27,30-52H2,1-3H3/b10-7-,15-12-,19-16-,24-21-,28-25-,29-26-. The molecule has 60 heavy (non-hydrogen) atoms. The Morgan fingerprint density at radius 1 is 0.383 bits per heavy atom. The van der Waals surface area contributed by atoms with Crippen molar-refractivity contribution in [2.75, 3.05) is 19.8 Å². The summed E-state index contributed by atoms with van der Waals surface area (Å²) in [6.07, 6.45) is 64.7. The van der Waals surface area contributed by atoms with Gasteiger partial charge < -0.3 is 14.2 Å². The molecule has 0 aromatic rings. The van der Waals surface area contributed by atoms with Crippen LogP contribution in [0.25, 0.3) is 0 Å². The van der Waals surface area contributed by atoms with E-state index in [0.717, 1.165) is 89.9 Å². The van der Waals surface area contributed by atoms with Crippen molar-refractivity contribution in [2.24, 2.45) is 0 Å². The number of rotatable bonds is 46. The monoisotopic (exact) mass is 837 g/mol. The van der Waals surface area contributed by atoms with Gasteiger partial charge in [0.05, 0.1) is 6.61 Å². The number of hydrogen-bond donors (Lipinski definition) is 0. The van der Waals surface area contributed by atoms with Gasteiger partial charge in [-0.1, -0.05) is 196 Å². The zero-order valence-electron chi connectivity index (χ0n) is 39.7. The molecule has 0 aliphatic heterocycles. The Hall–Kier alpha value is -2.66. The molecule has 0 amide bonds. The maximum Gasteiger partial charge on any atom is 0.306 e. The van der Waals surface area contributed by atoms with E-state index in [2.05, 4.69) is 93.7 Å². The minimum atomic E-state index is -0.554. The first-order valence-electron chi connectivity index (χ1n) is 25.5. The Morgan fingerprint density at radius 3 is 1.28 bits per heavy atom. The molecule has 0 spiro atoms. The minimum absolute atomic E-state index is 0.0669. The Labute approximate surface area is 372 Å². The molecule has 0 rings (SSSR count). The predicted octanol–water partition coefficient (Wildman–Crippen LogP) is 17.1. The van der Waals surface area contributed by atoms with Gasteiger partial charge in [-0.3, -0.25) is 9.59 Å². The summed E-state index contributed by atoms with van der Waals surface area (Å²) in [6, 6.07) is 0. The van der Waals surface area contributed by atoms with Gasteiger partial charge in [0.15, 0.2) is 6.10 Å². The zero-order chi connectivity index (χ0) is 43.5. The number of unbranched alkanes of at least 4 members (excludes halogenated alkanes) is 23. The summed E-state index contributed by atoms with van der Waals surface area (Å²) >= 11 is 0. The Kier molecular flexibility index (Phi) is 48.4. The van der Waals surface area contributed by atoms with E-state index < -0.39 is 6.10 Å². The molecule has 0 aromatic heterocycles. The van der Waals surface area contributed by atoms with E-state index >= 15 is 0 Å². The largest absolute Gasteiger partial charge is 0.462 e. The van der Waals surface area contributed by atoms with Gasteiger partial charge in [-0.25, -0.2) is 0 Å². The van der Waals surface area contributed by atoms with E-state index in [0.29, 0.717) is 19.4 Å². The van der Waals surface area contributed by atoms with Crippen molar-refractivity contribution in [3.8, 4) is 0 Å². The van der Waals surface area contributed by atoms with Crippen molar-refractivity contribution in [2.45, 2.75) is 245 Å². The van der Waals surface area contributed by atoms with Gasteiger partial charge in [0, 0.05) is 19.4 Å². The van der Waals surface area contributed by atoms with Gasteiger partial charge in [0.1, 0.15) is 6.61 Å². The molecule has 0 aromatic carbocycles. The molecule has 5 nitrogen and oxygen atoms in total. The lowest BCUT2D eigenvalue weighted by atomic mass is 10.1. The summed E-state index contributed by atoms with van der Waals surface area (Å²) in [6.45, 7) is 7.61. The maximum absolute atomic E-state index is 12.8. The summed E-state index contributed by atoms with van der Waals surface area (Å²) in [5.74, 6) is -0.431. The first kappa shape index (κ1) is 57.3. The molecule has 0 heterocycles. The van der Waals surface area contributed by atoms with Crippen molar-refractivity contribution >= 4 is 11.9 Å². The average Bonchev–Trinajstić information content (AvgIpc) is 3.25. The van der Waals surface area contributed by atoms with Gasteiger partial charge in [0.25, 0.3) is 0 Å². The van der Waals surface area contributed by atoms with E-state index in [1.807, 2.05) is 0 Å². The average molecular weight is 837 g/mol. The van der Waals surface area contributed by atoms with Gasteiger partial charge >= 0.3 is 11.9 Å². The molecular weight excluding hydrogens is 741 g/mol. The van der Waals surface area contributed by atoms with Crippen molar-refractivity contribution in [3.05, 3.63) is 72.9 Å². The summed E-state index contributed by atoms with van der Waals surface area (Å²) in [7, 11) is 0. The highest BCUT2D eigenvalue weighted by molar-refractivity contribution is 5.70. The fourth-order valence-corrected chi connectivity index (χ4v) is 6.91. The van der Waals surface area contributed by atoms with Gasteiger partial charge in [-0.15, -0.1) is 0 Å². The third-order valence-electron chi connectivity index (χ3n) is 10.7. The van der Waals surface area contributed by atoms with Gasteiger partial charge in [-0.05, 0) is 103 Å². The molecule has 346 valence electrons. The van der Waals surface area contributed by atoms with Crippen molar-refractivity contribution in [1.82, 2.24) is 0 Å². The maximum atomic E-state index is 12.8. The fourth-order valence-electron chi connectivity index (χ4n) is 6.91. The van der Waals surface area contributed by atoms with Crippen LogP contribution >= 0.6 is 0 Å². The fraction of sp³-hybridized carbons (Fsp3) is 0.745. The second-order valence-electron chi connectivity index (χ2n) is 16.7. The summed E-state index contributed by atoms with van der Waals surface area (Å²) in [5, 5.41) is 0. The van der Waals surface area contributed by atoms with Crippen molar-refractivity contribution < 1.29 is 23.8 Å². The smallest absolute Gasteiger partial charge is 0.306 e. The van der Waals surface area contributed by atoms with Crippen LogP contribution in [0.2, 0.25) is 0 Å². The zero-order valence-corrected chi connectivity index (χ0v) is 39.7. The molecule has 5 heteroatoms. The van der Waals surface area contributed by atoms with Crippen molar-refractivity contribution in [3.63, 3.8) is 0 Å². The van der Waals surface area contributed by atoms with Crippen LogP contribution in [0.4, 0.5) is 0 Å². The van der Waals surface area contributed by atoms with Gasteiger partial charge in [-0.2, -0.15) is 0 Å². The quantitative estimate of drug-likeness (QED) is 0.0347. The first-order valence-corrected chi connectivity index (χ1v) is 25.5. The van der Waals surface area contributed by atoms with Crippen LogP contribution in [0.5, 0.6) is 0 Å². The van der Waals surface area contributed by atoms with E-state index in [1.165, 1.54) is 116 Å². The number of carbonyl (C=O) groups is 2. The molecule has 0 aliphatic carbocycles. The molecule has 1 unspecified atom stereocenters.